The summed E-state index contributed by atoms with van der Waals surface area (Å²) in [5, 5.41) is 4.12. The highest BCUT2D eigenvalue weighted by Crippen LogP contribution is 2.12. The monoisotopic (exact) mass is 209 g/mol. The molecule has 0 spiro atoms. The van der Waals surface area contributed by atoms with Crippen LogP contribution in [0.2, 0.25) is 0 Å². The fourth-order valence-corrected chi connectivity index (χ4v) is 1.57. The van der Waals surface area contributed by atoms with E-state index in [-0.39, 0.29) is 5.56 Å². The van der Waals surface area contributed by atoms with E-state index in [1.54, 1.807) is 7.05 Å². The van der Waals surface area contributed by atoms with Gasteiger partial charge in [-0.1, -0.05) is 12.1 Å². The molecule has 0 atom stereocenters. The van der Waals surface area contributed by atoms with Gasteiger partial charge in [-0.05, 0) is 0 Å². The van der Waals surface area contributed by atoms with Crippen LogP contribution in [0.25, 0.3) is 11.0 Å². The number of hydrogen-bond donors (Lipinski definition) is 0. The summed E-state index contributed by atoms with van der Waals surface area (Å²) in [6.07, 6.45) is 0.573. The van der Waals surface area contributed by atoms with Crippen LogP contribution in [-0.2, 0) is 20.5 Å². The second kappa shape index (κ2) is 3.08. The Morgan fingerprint density at radius 2 is 1.93 bits per heavy atom. The van der Waals surface area contributed by atoms with Crippen molar-refractivity contribution in [3.05, 3.63) is 26.6 Å². The summed E-state index contributed by atoms with van der Waals surface area (Å²) < 4.78 is 7.37. The Balaban J connectivity index is 3.11. The lowest BCUT2D eigenvalue weighted by Crippen LogP contribution is -2.37. The first-order chi connectivity index (χ1) is 7.07. The molecule has 2 rings (SSSR count). The summed E-state index contributed by atoms with van der Waals surface area (Å²) in [7, 11) is 3.00. The maximum atomic E-state index is 11.8. The summed E-state index contributed by atoms with van der Waals surface area (Å²) >= 11 is 0. The minimum Gasteiger partial charge on any atom is -0.358 e. The van der Waals surface area contributed by atoms with Gasteiger partial charge < -0.3 is 4.52 Å². The van der Waals surface area contributed by atoms with Crippen molar-refractivity contribution in [2.24, 2.45) is 14.1 Å². The normalized spacial score (nSPS) is 11.1. The fraction of sp³-hybridized carbons (Fsp3) is 0.444. The zero-order chi connectivity index (χ0) is 11.2. The van der Waals surface area contributed by atoms with E-state index in [0.29, 0.717) is 23.2 Å². The molecule has 0 N–H and O–H groups in total. The highest BCUT2D eigenvalue weighted by Gasteiger charge is 2.16. The van der Waals surface area contributed by atoms with Gasteiger partial charge in [0.2, 0.25) is 0 Å². The summed E-state index contributed by atoms with van der Waals surface area (Å²) in [5.74, 6) is 0.515. The minimum atomic E-state index is -0.400. The molecule has 2 aromatic heterocycles. The van der Waals surface area contributed by atoms with Gasteiger partial charge in [-0.3, -0.25) is 13.9 Å². The van der Waals surface area contributed by atoms with E-state index in [1.807, 2.05) is 6.92 Å². The first-order valence-corrected chi connectivity index (χ1v) is 4.62. The molecule has 6 heteroatoms. The smallest absolute Gasteiger partial charge is 0.332 e. The first-order valence-electron chi connectivity index (χ1n) is 4.62. The minimum absolute atomic E-state index is 0.306. The van der Waals surface area contributed by atoms with Gasteiger partial charge in [0.1, 0.15) is 5.39 Å². The third kappa shape index (κ3) is 1.14. The van der Waals surface area contributed by atoms with Gasteiger partial charge in [-0.2, -0.15) is 0 Å². The molecule has 0 amide bonds. The van der Waals surface area contributed by atoms with Crippen molar-refractivity contribution < 1.29 is 4.52 Å². The Labute approximate surface area is 84.7 Å². The van der Waals surface area contributed by atoms with E-state index < -0.39 is 5.69 Å². The number of rotatable bonds is 1. The predicted molar refractivity (Wildman–Crippen MR) is 53.9 cm³/mol. The molecular weight excluding hydrogens is 198 g/mol. The van der Waals surface area contributed by atoms with Crippen molar-refractivity contribution >= 4 is 11.0 Å². The van der Waals surface area contributed by atoms with Crippen molar-refractivity contribution in [2.45, 2.75) is 13.3 Å². The second-order valence-corrected chi connectivity index (χ2v) is 3.36. The van der Waals surface area contributed by atoms with Gasteiger partial charge >= 0.3 is 5.69 Å². The number of aromatic nitrogens is 3. The van der Waals surface area contributed by atoms with Gasteiger partial charge in [-0.25, -0.2) is 4.79 Å². The molecule has 0 radical (unpaired) electrons. The van der Waals surface area contributed by atoms with Crippen LogP contribution in [0.1, 0.15) is 12.7 Å². The third-order valence-corrected chi connectivity index (χ3v) is 2.48. The van der Waals surface area contributed by atoms with Gasteiger partial charge in [0.25, 0.3) is 5.56 Å². The molecule has 0 aliphatic rings. The summed E-state index contributed by atoms with van der Waals surface area (Å²) in [6.45, 7) is 1.87. The van der Waals surface area contributed by atoms with Crippen LogP contribution >= 0.6 is 0 Å². The standard InChI is InChI=1S/C9H11N3O3/c1-4-5-6-7(10-15-5)11(2)9(14)12(3)8(6)13/h4H2,1-3H3. The van der Waals surface area contributed by atoms with Crippen molar-refractivity contribution in [1.82, 2.24) is 14.3 Å². The molecule has 6 nitrogen and oxygen atoms in total. The summed E-state index contributed by atoms with van der Waals surface area (Å²) in [5.41, 5.74) is -0.449. The van der Waals surface area contributed by atoms with Gasteiger partial charge in [0, 0.05) is 20.5 Å². The fourth-order valence-electron chi connectivity index (χ4n) is 1.57. The van der Waals surface area contributed by atoms with Crippen molar-refractivity contribution in [3.8, 4) is 0 Å². The van der Waals surface area contributed by atoms with Crippen molar-refractivity contribution in [3.63, 3.8) is 0 Å². The molecular formula is C9H11N3O3. The average Bonchev–Trinajstić information content (AvgIpc) is 2.67. The average molecular weight is 209 g/mol. The van der Waals surface area contributed by atoms with Crippen molar-refractivity contribution in [1.29, 1.82) is 0 Å². The van der Waals surface area contributed by atoms with Crippen LogP contribution < -0.4 is 11.2 Å². The third-order valence-electron chi connectivity index (χ3n) is 2.48. The Hall–Kier alpha value is -1.85. The van der Waals surface area contributed by atoms with Gasteiger partial charge in [-0.15, -0.1) is 0 Å². The van der Waals surface area contributed by atoms with E-state index in [4.69, 9.17) is 4.52 Å². The highest BCUT2D eigenvalue weighted by molar-refractivity contribution is 5.75. The first kappa shape index (κ1) is 9.70. The maximum absolute atomic E-state index is 11.8. The Kier molecular flexibility index (Phi) is 1.99. The zero-order valence-electron chi connectivity index (χ0n) is 8.77. The molecule has 0 saturated heterocycles. The topological polar surface area (TPSA) is 70.0 Å². The number of fused-ring (bicyclic) bond motifs is 1. The van der Waals surface area contributed by atoms with Gasteiger partial charge in [0.05, 0.1) is 0 Å². The Morgan fingerprint density at radius 1 is 1.27 bits per heavy atom. The molecule has 0 bridgehead atoms. The Bertz CT molecular complexity index is 632. The number of aryl methyl sites for hydroxylation is 2. The molecule has 15 heavy (non-hydrogen) atoms. The van der Waals surface area contributed by atoms with Gasteiger partial charge in [0.15, 0.2) is 11.4 Å². The molecule has 0 fully saturated rings. The molecule has 0 aromatic carbocycles. The lowest BCUT2D eigenvalue weighted by atomic mass is 10.2. The second-order valence-electron chi connectivity index (χ2n) is 3.36. The summed E-state index contributed by atoms with van der Waals surface area (Å²) in [6, 6.07) is 0. The lowest BCUT2D eigenvalue weighted by molar-refractivity contribution is 0.392. The molecule has 0 unspecified atom stereocenters. The molecule has 0 saturated carbocycles. The van der Waals surface area contributed by atoms with Crippen molar-refractivity contribution in [2.75, 3.05) is 0 Å². The zero-order valence-corrected chi connectivity index (χ0v) is 8.77. The number of hydrogen-bond acceptors (Lipinski definition) is 4. The van der Waals surface area contributed by atoms with Crippen LogP contribution in [0.15, 0.2) is 14.1 Å². The summed E-state index contributed by atoms with van der Waals surface area (Å²) in [4.78, 5) is 23.3. The van der Waals surface area contributed by atoms with E-state index in [9.17, 15) is 9.59 Å². The van der Waals surface area contributed by atoms with Crippen LogP contribution in [-0.4, -0.2) is 14.3 Å². The molecule has 2 heterocycles. The number of nitrogens with zero attached hydrogens (tertiary/aromatic N) is 3. The van der Waals surface area contributed by atoms with Crippen LogP contribution in [0, 0.1) is 0 Å². The van der Waals surface area contributed by atoms with E-state index in [0.717, 1.165) is 4.57 Å². The van der Waals surface area contributed by atoms with E-state index in [2.05, 4.69) is 5.16 Å². The van der Waals surface area contributed by atoms with Crippen LogP contribution in [0.3, 0.4) is 0 Å². The van der Waals surface area contributed by atoms with Crippen LogP contribution in [0.5, 0.6) is 0 Å². The predicted octanol–water partition coefficient (Wildman–Crippen LogP) is -0.212. The lowest BCUT2D eigenvalue weighted by Gasteiger charge is -2.01. The molecule has 0 aliphatic heterocycles. The van der Waals surface area contributed by atoms with E-state index in [1.165, 1.54) is 11.6 Å². The molecule has 80 valence electrons. The SMILES string of the molecule is CCc1onc2c1c(=O)n(C)c(=O)n2C. The Morgan fingerprint density at radius 3 is 2.53 bits per heavy atom. The molecule has 2 aromatic rings. The molecule has 0 aliphatic carbocycles. The highest BCUT2D eigenvalue weighted by atomic mass is 16.5. The quantitative estimate of drug-likeness (QED) is 0.651. The largest absolute Gasteiger partial charge is 0.358 e. The van der Waals surface area contributed by atoms with E-state index >= 15 is 0 Å². The maximum Gasteiger partial charge on any atom is 0.332 e. The van der Waals surface area contributed by atoms with Crippen LogP contribution in [0.4, 0.5) is 0 Å².